The fourth-order valence-corrected chi connectivity index (χ4v) is 3.93. The van der Waals surface area contributed by atoms with Crippen LogP contribution in [0.4, 0.5) is 5.82 Å². The minimum atomic E-state index is -0.779. The molecule has 3 aliphatic rings. The number of nitrogens with one attached hydrogen (secondary N) is 1. The van der Waals surface area contributed by atoms with Crippen molar-refractivity contribution in [2.24, 2.45) is 0 Å². The van der Waals surface area contributed by atoms with Crippen LogP contribution in [0.3, 0.4) is 0 Å². The van der Waals surface area contributed by atoms with Crippen LogP contribution in [0.5, 0.6) is 0 Å². The van der Waals surface area contributed by atoms with E-state index < -0.39 is 30.3 Å². The van der Waals surface area contributed by atoms with E-state index in [0.29, 0.717) is 23.6 Å². The average Bonchev–Trinajstić information content (AvgIpc) is 3.38. The molecule has 0 spiro atoms. The molecule has 2 aromatic rings. The van der Waals surface area contributed by atoms with Crippen LogP contribution in [0.15, 0.2) is 12.7 Å². The second-order valence-electron chi connectivity index (χ2n) is 7.44. The first-order valence-corrected chi connectivity index (χ1v) is 9.04. The van der Waals surface area contributed by atoms with Crippen LogP contribution in [-0.2, 0) is 23.7 Å². The SMILES string of the molecule is CC1(C)O[C@@H]2[C@@H](O1)[C@@H](C=O)O[C@H]2n1cnc2c(NC3CCOC3)ncnc21. The number of carbonyl (C=O) groups excluding carboxylic acids is 1. The zero-order valence-electron chi connectivity index (χ0n) is 15.1. The fourth-order valence-electron chi connectivity index (χ4n) is 3.93. The van der Waals surface area contributed by atoms with Gasteiger partial charge in [0.15, 0.2) is 35.3 Å². The average molecular weight is 375 g/mol. The van der Waals surface area contributed by atoms with Gasteiger partial charge in [-0.25, -0.2) is 15.0 Å². The summed E-state index contributed by atoms with van der Waals surface area (Å²) in [4.78, 5) is 24.6. The Morgan fingerprint density at radius 2 is 2.11 bits per heavy atom. The third-order valence-electron chi connectivity index (χ3n) is 5.10. The van der Waals surface area contributed by atoms with Gasteiger partial charge in [-0.05, 0) is 20.3 Å². The molecule has 10 nitrogen and oxygen atoms in total. The Bertz CT molecular complexity index is 865. The molecule has 1 unspecified atom stereocenters. The molecular formula is C17H21N5O5. The Morgan fingerprint density at radius 1 is 1.26 bits per heavy atom. The maximum absolute atomic E-state index is 11.5. The van der Waals surface area contributed by atoms with Gasteiger partial charge in [0.25, 0.3) is 0 Å². The third kappa shape index (κ3) is 2.80. The Balaban J connectivity index is 1.49. The van der Waals surface area contributed by atoms with Crippen molar-refractivity contribution in [3.05, 3.63) is 12.7 Å². The van der Waals surface area contributed by atoms with Gasteiger partial charge in [-0.15, -0.1) is 0 Å². The number of hydrogen-bond donors (Lipinski definition) is 1. The van der Waals surface area contributed by atoms with E-state index in [-0.39, 0.29) is 6.04 Å². The number of anilines is 1. The highest BCUT2D eigenvalue weighted by atomic mass is 16.8. The lowest BCUT2D eigenvalue weighted by Gasteiger charge is -2.23. The predicted octanol–water partition coefficient (Wildman–Crippen LogP) is 0.643. The Morgan fingerprint density at radius 3 is 2.89 bits per heavy atom. The number of nitrogens with zero attached hydrogens (tertiary/aromatic N) is 4. The van der Waals surface area contributed by atoms with Crippen LogP contribution in [0.1, 0.15) is 26.5 Å². The molecule has 3 saturated heterocycles. The Hall–Kier alpha value is -2.14. The lowest BCUT2D eigenvalue weighted by molar-refractivity contribution is -0.194. The van der Waals surface area contributed by atoms with Crippen molar-refractivity contribution >= 4 is 23.3 Å². The van der Waals surface area contributed by atoms with Gasteiger partial charge in [-0.3, -0.25) is 4.57 Å². The number of ether oxygens (including phenoxy) is 4. The molecule has 0 radical (unpaired) electrons. The van der Waals surface area contributed by atoms with E-state index in [1.165, 1.54) is 6.33 Å². The lowest BCUT2D eigenvalue weighted by atomic mass is 10.1. The summed E-state index contributed by atoms with van der Waals surface area (Å²) < 4.78 is 24.9. The van der Waals surface area contributed by atoms with Gasteiger partial charge in [-0.1, -0.05) is 0 Å². The highest BCUT2D eigenvalue weighted by Crippen LogP contribution is 2.43. The smallest absolute Gasteiger partial charge is 0.167 e. The summed E-state index contributed by atoms with van der Waals surface area (Å²) in [7, 11) is 0. The first kappa shape index (κ1) is 17.0. The third-order valence-corrected chi connectivity index (χ3v) is 5.10. The van der Waals surface area contributed by atoms with Gasteiger partial charge in [0.1, 0.15) is 24.6 Å². The van der Waals surface area contributed by atoms with E-state index >= 15 is 0 Å². The van der Waals surface area contributed by atoms with Crippen LogP contribution in [0.25, 0.3) is 11.2 Å². The summed E-state index contributed by atoms with van der Waals surface area (Å²) in [6.07, 6.45) is 2.64. The van der Waals surface area contributed by atoms with Gasteiger partial charge < -0.3 is 29.1 Å². The Kier molecular flexibility index (Phi) is 3.90. The van der Waals surface area contributed by atoms with Crippen molar-refractivity contribution in [3.63, 3.8) is 0 Å². The van der Waals surface area contributed by atoms with Crippen LogP contribution in [0, 0.1) is 0 Å². The molecule has 5 heterocycles. The van der Waals surface area contributed by atoms with E-state index in [2.05, 4.69) is 20.3 Å². The maximum Gasteiger partial charge on any atom is 0.167 e. The molecule has 10 heteroatoms. The van der Waals surface area contributed by atoms with E-state index in [4.69, 9.17) is 18.9 Å². The molecule has 0 saturated carbocycles. The Labute approximate surface area is 155 Å². The highest BCUT2D eigenvalue weighted by Gasteiger charge is 2.56. The van der Waals surface area contributed by atoms with Crippen LogP contribution < -0.4 is 5.32 Å². The number of aromatic nitrogens is 4. The molecule has 0 amide bonds. The molecule has 3 aliphatic heterocycles. The number of imidazole rings is 1. The molecule has 0 aliphatic carbocycles. The molecule has 0 bridgehead atoms. The zero-order valence-corrected chi connectivity index (χ0v) is 15.1. The molecule has 1 N–H and O–H groups in total. The zero-order chi connectivity index (χ0) is 18.6. The van der Waals surface area contributed by atoms with Crippen molar-refractivity contribution < 1.29 is 23.7 Å². The molecule has 3 fully saturated rings. The van der Waals surface area contributed by atoms with E-state index in [0.717, 1.165) is 19.3 Å². The maximum atomic E-state index is 11.5. The predicted molar refractivity (Wildman–Crippen MR) is 92.0 cm³/mol. The van der Waals surface area contributed by atoms with Crippen molar-refractivity contribution in [3.8, 4) is 0 Å². The largest absolute Gasteiger partial charge is 0.379 e. The molecule has 0 aromatic carbocycles. The lowest BCUT2D eigenvalue weighted by Crippen LogP contribution is -2.30. The van der Waals surface area contributed by atoms with Gasteiger partial charge in [-0.2, -0.15) is 0 Å². The minimum absolute atomic E-state index is 0.201. The molecule has 5 rings (SSSR count). The van der Waals surface area contributed by atoms with Crippen molar-refractivity contribution in [1.82, 2.24) is 19.5 Å². The van der Waals surface area contributed by atoms with Crippen LogP contribution in [-0.4, -0.2) is 69.2 Å². The number of hydrogen-bond acceptors (Lipinski definition) is 9. The summed E-state index contributed by atoms with van der Waals surface area (Å²) in [5.74, 6) is -0.126. The summed E-state index contributed by atoms with van der Waals surface area (Å²) in [6.45, 7) is 5.02. The topological polar surface area (TPSA) is 110 Å². The second kappa shape index (κ2) is 6.20. The van der Waals surface area contributed by atoms with E-state index in [1.807, 2.05) is 13.8 Å². The highest BCUT2D eigenvalue weighted by molar-refractivity contribution is 5.82. The normalized spacial score (nSPS) is 34.8. The van der Waals surface area contributed by atoms with E-state index in [1.54, 1.807) is 10.9 Å². The van der Waals surface area contributed by atoms with Crippen molar-refractivity contribution in [2.75, 3.05) is 18.5 Å². The summed E-state index contributed by atoms with van der Waals surface area (Å²) in [5.41, 5.74) is 1.24. The number of aldehydes is 1. The summed E-state index contributed by atoms with van der Waals surface area (Å²) >= 11 is 0. The second-order valence-corrected chi connectivity index (χ2v) is 7.44. The number of rotatable bonds is 4. The molecule has 27 heavy (non-hydrogen) atoms. The minimum Gasteiger partial charge on any atom is -0.379 e. The van der Waals surface area contributed by atoms with Gasteiger partial charge >= 0.3 is 0 Å². The molecule has 5 atom stereocenters. The van der Waals surface area contributed by atoms with Gasteiger partial charge in [0.05, 0.1) is 19.0 Å². The first-order chi connectivity index (χ1) is 13.1. The molecular weight excluding hydrogens is 354 g/mol. The van der Waals surface area contributed by atoms with E-state index in [9.17, 15) is 4.79 Å². The number of fused-ring (bicyclic) bond motifs is 2. The molecule has 144 valence electrons. The fraction of sp³-hybridized carbons (Fsp3) is 0.647. The first-order valence-electron chi connectivity index (χ1n) is 9.04. The van der Waals surface area contributed by atoms with Crippen molar-refractivity contribution in [2.45, 2.75) is 56.6 Å². The standard InChI is InChI=1S/C17H21N5O5/c1-17(2)26-12-10(5-23)25-16(13(12)27-17)22-8-20-11-14(18-7-19-15(11)22)21-9-3-4-24-6-9/h5,7-10,12-13,16H,3-4,6H2,1-2H3,(H,18,19,21)/t9?,10-,12+,13-,16-/m1/s1. The quantitative estimate of drug-likeness (QED) is 0.770. The van der Waals surface area contributed by atoms with Crippen LogP contribution in [0.2, 0.25) is 0 Å². The summed E-state index contributed by atoms with van der Waals surface area (Å²) in [5, 5.41) is 3.36. The monoisotopic (exact) mass is 375 g/mol. The van der Waals surface area contributed by atoms with Gasteiger partial charge in [0, 0.05) is 6.61 Å². The van der Waals surface area contributed by atoms with Crippen LogP contribution >= 0.6 is 0 Å². The molecule has 2 aromatic heterocycles. The van der Waals surface area contributed by atoms with Crippen molar-refractivity contribution in [1.29, 1.82) is 0 Å². The van der Waals surface area contributed by atoms with Gasteiger partial charge in [0.2, 0.25) is 0 Å². The number of carbonyl (C=O) groups is 1. The summed E-state index contributed by atoms with van der Waals surface area (Å²) in [6, 6.07) is 0.201.